The summed E-state index contributed by atoms with van der Waals surface area (Å²) in [6.07, 6.45) is -0.641. The smallest absolute Gasteiger partial charge is 0.119 e. The molecule has 0 radical (unpaired) electrons. The highest BCUT2D eigenvalue weighted by molar-refractivity contribution is 6.30. The minimum absolute atomic E-state index is 0.638. The largest absolute Gasteiger partial charge is 0.494 e. The number of rotatable bonds is 4. The van der Waals surface area contributed by atoms with Crippen LogP contribution in [0.4, 0.5) is 0 Å². The zero-order valence-electron chi connectivity index (χ0n) is 10.1. The molecule has 0 spiro atoms. The molecule has 0 aliphatic rings. The van der Waals surface area contributed by atoms with Crippen LogP contribution in [0, 0.1) is 0 Å². The quantitative estimate of drug-likeness (QED) is 0.908. The van der Waals surface area contributed by atoms with Crippen LogP contribution in [0.2, 0.25) is 5.02 Å². The number of aliphatic hydroxyl groups is 1. The van der Waals surface area contributed by atoms with E-state index < -0.39 is 6.10 Å². The molecule has 0 fully saturated rings. The van der Waals surface area contributed by atoms with Crippen molar-refractivity contribution in [2.45, 2.75) is 13.0 Å². The van der Waals surface area contributed by atoms with E-state index in [4.69, 9.17) is 16.3 Å². The fraction of sp³-hybridized carbons (Fsp3) is 0.200. The molecule has 94 valence electrons. The lowest BCUT2D eigenvalue weighted by Gasteiger charge is -2.12. The van der Waals surface area contributed by atoms with E-state index in [0.717, 1.165) is 16.9 Å². The summed E-state index contributed by atoms with van der Waals surface area (Å²) >= 11 is 5.82. The third kappa shape index (κ3) is 3.03. The van der Waals surface area contributed by atoms with Crippen molar-refractivity contribution in [1.29, 1.82) is 0 Å². The maximum atomic E-state index is 10.2. The second-order valence-electron chi connectivity index (χ2n) is 3.96. The molecular formula is C15H15ClO2. The lowest BCUT2D eigenvalue weighted by Crippen LogP contribution is -1.99. The number of hydrogen-bond donors (Lipinski definition) is 1. The molecule has 0 amide bonds. The first kappa shape index (κ1) is 12.9. The van der Waals surface area contributed by atoms with E-state index in [-0.39, 0.29) is 0 Å². The van der Waals surface area contributed by atoms with Gasteiger partial charge in [-0.1, -0.05) is 35.9 Å². The van der Waals surface area contributed by atoms with Gasteiger partial charge < -0.3 is 9.84 Å². The molecule has 3 heteroatoms. The van der Waals surface area contributed by atoms with E-state index >= 15 is 0 Å². The minimum Gasteiger partial charge on any atom is -0.494 e. The monoisotopic (exact) mass is 262 g/mol. The van der Waals surface area contributed by atoms with E-state index in [1.807, 2.05) is 43.3 Å². The summed E-state index contributed by atoms with van der Waals surface area (Å²) in [5, 5.41) is 10.9. The highest BCUT2D eigenvalue weighted by Gasteiger charge is 2.10. The second-order valence-corrected chi connectivity index (χ2v) is 4.39. The van der Waals surface area contributed by atoms with Gasteiger partial charge >= 0.3 is 0 Å². The summed E-state index contributed by atoms with van der Waals surface area (Å²) in [7, 11) is 0. The Morgan fingerprint density at radius 2 is 1.50 bits per heavy atom. The predicted molar refractivity (Wildman–Crippen MR) is 73.1 cm³/mol. The maximum absolute atomic E-state index is 10.2. The first-order valence-electron chi connectivity index (χ1n) is 5.87. The Balaban J connectivity index is 2.17. The maximum Gasteiger partial charge on any atom is 0.119 e. The van der Waals surface area contributed by atoms with Crippen molar-refractivity contribution in [3.8, 4) is 5.75 Å². The van der Waals surface area contributed by atoms with Gasteiger partial charge in [-0.05, 0) is 42.3 Å². The molecule has 2 aromatic carbocycles. The van der Waals surface area contributed by atoms with Crippen LogP contribution in [0.1, 0.15) is 24.2 Å². The third-order valence-corrected chi connectivity index (χ3v) is 2.94. The number of aliphatic hydroxyl groups excluding tert-OH is 1. The van der Waals surface area contributed by atoms with Crippen LogP contribution in [-0.2, 0) is 0 Å². The Hall–Kier alpha value is -1.51. The predicted octanol–water partition coefficient (Wildman–Crippen LogP) is 3.82. The molecule has 0 aromatic heterocycles. The van der Waals surface area contributed by atoms with E-state index in [1.54, 1.807) is 12.1 Å². The molecule has 1 atom stereocenters. The molecule has 0 aliphatic heterocycles. The summed E-state index contributed by atoms with van der Waals surface area (Å²) < 4.78 is 5.36. The second kappa shape index (κ2) is 5.89. The van der Waals surface area contributed by atoms with Crippen LogP contribution < -0.4 is 4.74 Å². The molecule has 1 N–H and O–H groups in total. The van der Waals surface area contributed by atoms with Crippen molar-refractivity contribution in [3.05, 3.63) is 64.7 Å². The van der Waals surface area contributed by atoms with Crippen molar-refractivity contribution >= 4 is 11.6 Å². The number of hydrogen-bond acceptors (Lipinski definition) is 2. The topological polar surface area (TPSA) is 29.5 Å². The van der Waals surface area contributed by atoms with Crippen molar-refractivity contribution in [3.63, 3.8) is 0 Å². The first-order chi connectivity index (χ1) is 8.70. The molecule has 2 rings (SSSR count). The fourth-order valence-corrected chi connectivity index (χ4v) is 1.88. The fourth-order valence-electron chi connectivity index (χ4n) is 1.75. The van der Waals surface area contributed by atoms with Gasteiger partial charge in [-0.15, -0.1) is 0 Å². The molecule has 0 bridgehead atoms. The third-order valence-electron chi connectivity index (χ3n) is 2.69. The van der Waals surface area contributed by atoms with Gasteiger partial charge in [0.05, 0.1) is 6.61 Å². The Labute approximate surface area is 112 Å². The number of benzene rings is 2. The normalized spacial score (nSPS) is 12.2. The Bertz CT molecular complexity index is 491. The van der Waals surface area contributed by atoms with Gasteiger partial charge in [-0.3, -0.25) is 0 Å². The molecule has 0 aliphatic carbocycles. The van der Waals surface area contributed by atoms with Crippen molar-refractivity contribution in [2.24, 2.45) is 0 Å². The SMILES string of the molecule is CCOc1ccc(C(O)c2ccc(Cl)cc2)cc1. The van der Waals surface area contributed by atoms with Crippen molar-refractivity contribution in [2.75, 3.05) is 6.61 Å². The van der Waals surface area contributed by atoms with E-state index in [9.17, 15) is 5.11 Å². The van der Waals surface area contributed by atoms with Gasteiger partial charge in [-0.2, -0.15) is 0 Å². The van der Waals surface area contributed by atoms with E-state index in [0.29, 0.717) is 11.6 Å². The van der Waals surface area contributed by atoms with Crippen LogP contribution in [0.25, 0.3) is 0 Å². The van der Waals surface area contributed by atoms with Crippen LogP contribution in [0.5, 0.6) is 5.75 Å². The van der Waals surface area contributed by atoms with Crippen molar-refractivity contribution in [1.82, 2.24) is 0 Å². The molecule has 0 saturated carbocycles. The summed E-state index contributed by atoms with van der Waals surface area (Å²) in [5.41, 5.74) is 1.66. The highest BCUT2D eigenvalue weighted by atomic mass is 35.5. The highest BCUT2D eigenvalue weighted by Crippen LogP contribution is 2.24. The molecule has 0 saturated heterocycles. The molecule has 1 unspecified atom stereocenters. The lowest BCUT2D eigenvalue weighted by atomic mass is 10.0. The van der Waals surface area contributed by atoms with Crippen LogP contribution in [-0.4, -0.2) is 11.7 Å². The van der Waals surface area contributed by atoms with Gasteiger partial charge in [0.2, 0.25) is 0 Å². The van der Waals surface area contributed by atoms with Crippen LogP contribution >= 0.6 is 11.6 Å². The Morgan fingerprint density at radius 3 is 2.00 bits per heavy atom. The molecule has 2 nitrogen and oxygen atoms in total. The zero-order chi connectivity index (χ0) is 13.0. The van der Waals surface area contributed by atoms with Crippen LogP contribution in [0.3, 0.4) is 0 Å². The van der Waals surface area contributed by atoms with E-state index in [2.05, 4.69) is 0 Å². The summed E-state index contributed by atoms with van der Waals surface area (Å²) in [5.74, 6) is 0.810. The average Bonchev–Trinajstić information content (AvgIpc) is 2.40. The molecule has 0 heterocycles. The number of halogens is 1. The van der Waals surface area contributed by atoms with Gasteiger partial charge in [0, 0.05) is 5.02 Å². The van der Waals surface area contributed by atoms with E-state index in [1.165, 1.54) is 0 Å². The average molecular weight is 263 g/mol. The Morgan fingerprint density at radius 1 is 1.00 bits per heavy atom. The van der Waals surface area contributed by atoms with Crippen molar-refractivity contribution < 1.29 is 9.84 Å². The first-order valence-corrected chi connectivity index (χ1v) is 6.25. The van der Waals surface area contributed by atoms with Gasteiger partial charge in [-0.25, -0.2) is 0 Å². The molecule has 18 heavy (non-hydrogen) atoms. The van der Waals surface area contributed by atoms with Gasteiger partial charge in [0.15, 0.2) is 0 Å². The van der Waals surface area contributed by atoms with Gasteiger partial charge in [0.25, 0.3) is 0 Å². The standard InChI is InChI=1S/C15H15ClO2/c1-2-18-14-9-5-12(6-10-14)15(17)11-3-7-13(16)8-4-11/h3-10,15,17H,2H2,1H3. The molecule has 2 aromatic rings. The summed E-state index contributed by atoms with van der Waals surface area (Å²) in [6, 6.07) is 14.6. The zero-order valence-corrected chi connectivity index (χ0v) is 10.9. The van der Waals surface area contributed by atoms with Crippen LogP contribution in [0.15, 0.2) is 48.5 Å². The summed E-state index contributed by atoms with van der Waals surface area (Å²) in [6.45, 7) is 2.58. The van der Waals surface area contributed by atoms with Gasteiger partial charge in [0.1, 0.15) is 11.9 Å². The summed E-state index contributed by atoms with van der Waals surface area (Å²) in [4.78, 5) is 0. The Kier molecular flexibility index (Phi) is 4.24. The number of ether oxygens (including phenoxy) is 1. The minimum atomic E-state index is -0.641. The molecular weight excluding hydrogens is 248 g/mol. The lowest BCUT2D eigenvalue weighted by molar-refractivity contribution is 0.220.